The Kier molecular flexibility index (Phi) is 9.78. The van der Waals surface area contributed by atoms with Crippen molar-refractivity contribution in [3.63, 3.8) is 0 Å². The first-order valence-electron chi connectivity index (χ1n) is 13.7. The number of nitrogens with zero attached hydrogens (tertiary/aromatic N) is 3. The topological polar surface area (TPSA) is 85.8 Å². The second-order valence-electron chi connectivity index (χ2n) is 10.9. The van der Waals surface area contributed by atoms with E-state index in [0.29, 0.717) is 40.0 Å². The van der Waals surface area contributed by atoms with Crippen molar-refractivity contribution < 1.29 is 23.4 Å². The number of piperidine rings is 1. The molecular formula is C31H32BrFN4O4S2. The molecule has 1 saturated heterocycles. The molecule has 2 aromatic carbocycles. The highest BCUT2D eigenvalue weighted by Crippen LogP contribution is 2.40. The largest absolute Gasteiger partial charge is 0.497 e. The Balaban J connectivity index is 1.32. The van der Waals surface area contributed by atoms with Crippen molar-refractivity contribution in [2.75, 3.05) is 25.5 Å². The number of amides is 1. The summed E-state index contributed by atoms with van der Waals surface area (Å²) < 4.78 is 31.3. The minimum absolute atomic E-state index is 0.242. The summed E-state index contributed by atoms with van der Waals surface area (Å²) in [7, 11) is 1.63. The molecule has 4 aromatic rings. The van der Waals surface area contributed by atoms with Crippen molar-refractivity contribution in [3.8, 4) is 17.2 Å². The number of ether oxygens (including phenoxy) is 3. The van der Waals surface area contributed by atoms with Crippen LogP contribution in [0.2, 0.25) is 0 Å². The van der Waals surface area contributed by atoms with Gasteiger partial charge in [0.05, 0.1) is 17.3 Å². The Labute approximate surface area is 267 Å². The SMILES string of the molecule is COc1cccc(Sc2cnc(Nc3nc(C4CCN(C(=O)OC(C)(C)C)CC4)cs3)c(Oc3ccc(F)cc3Br)c2)c1. The van der Waals surface area contributed by atoms with Crippen LogP contribution in [0.3, 0.4) is 0 Å². The van der Waals surface area contributed by atoms with E-state index >= 15 is 0 Å². The number of aromatic nitrogens is 2. The van der Waals surface area contributed by atoms with Crippen molar-refractivity contribution >= 4 is 56.1 Å². The van der Waals surface area contributed by atoms with Gasteiger partial charge in [-0.25, -0.2) is 19.2 Å². The van der Waals surface area contributed by atoms with Crippen molar-refractivity contribution in [2.45, 2.75) is 54.9 Å². The number of anilines is 2. The number of likely N-dealkylation sites (tertiary alicyclic amines) is 1. The average Bonchev–Trinajstić information content (AvgIpc) is 3.44. The number of hydrogen-bond acceptors (Lipinski definition) is 9. The first kappa shape index (κ1) is 31.1. The second-order valence-corrected chi connectivity index (χ2v) is 13.8. The van der Waals surface area contributed by atoms with Crippen LogP contribution in [0.5, 0.6) is 17.2 Å². The molecular weight excluding hydrogens is 655 g/mol. The van der Waals surface area contributed by atoms with E-state index in [9.17, 15) is 9.18 Å². The number of halogens is 2. The van der Waals surface area contributed by atoms with Crippen molar-refractivity contribution in [3.05, 3.63) is 76.1 Å². The van der Waals surface area contributed by atoms with Crippen LogP contribution in [-0.2, 0) is 4.74 Å². The zero-order valence-corrected chi connectivity index (χ0v) is 27.4. The van der Waals surface area contributed by atoms with E-state index in [0.717, 1.165) is 34.1 Å². The zero-order chi connectivity index (χ0) is 30.6. The van der Waals surface area contributed by atoms with Crippen LogP contribution in [0.15, 0.2) is 74.4 Å². The maximum Gasteiger partial charge on any atom is 0.410 e. The third-order valence-electron chi connectivity index (χ3n) is 6.53. The van der Waals surface area contributed by atoms with Crippen LogP contribution < -0.4 is 14.8 Å². The van der Waals surface area contributed by atoms with E-state index in [1.165, 1.54) is 35.2 Å². The molecule has 1 aliphatic rings. The second kappa shape index (κ2) is 13.5. The lowest BCUT2D eigenvalue weighted by atomic mass is 9.94. The number of carbonyl (C=O) groups is 1. The molecule has 8 nitrogen and oxygen atoms in total. The Morgan fingerprint density at radius 2 is 1.91 bits per heavy atom. The summed E-state index contributed by atoms with van der Waals surface area (Å²) in [5.41, 5.74) is 0.462. The molecule has 43 heavy (non-hydrogen) atoms. The molecule has 2 aromatic heterocycles. The van der Waals surface area contributed by atoms with Gasteiger partial charge in [0.2, 0.25) is 0 Å². The quantitative estimate of drug-likeness (QED) is 0.196. The van der Waals surface area contributed by atoms with Crippen LogP contribution in [0.4, 0.5) is 20.1 Å². The van der Waals surface area contributed by atoms with E-state index in [-0.39, 0.29) is 17.8 Å². The molecule has 5 rings (SSSR count). The predicted molar refractivity (Wildman–Crippen MR) is 171 cm³/mol. The zero-order valence-electron chi connectivity index (χ0n) is 24.2. The van der Waals surface area contributed by atoms with Crippen LogP contribution in [0, 0.1) is 5.82 Å². The predicted octanol–water partition coefficient (Wildman–Crippen LogP) is 9.25. The van der Waals surface area contributed by atoms with Gasteiger partial charge in [-0.05, 0) is 85.9 Å². The van der Waals surface area contributed by atoms with Gasteiger partial charge in [-0.3, -0.25) is 0 Å². The molecule has 0 bridgehead atoms. The van der Waals surface area contributed by atoms with Gasteiger partial charge in [-0.2, -0.15) is 0 Å². The molecule has 0 unspecified atom stereocenters. The highest BCUT2D eigenvalue weighted by atomic mass is 79.9. The molecule has 1 amide bonds. The summed E-state index contributed by atoms with van der Waals surface area (Å²) in [6.45, 7) is 6.87. The first-order chi connectivity index (χ1) is 20.6. The minimum Gasteiger partial charge on any atom is -0.497 e. The van der Waals surface area contributed by atoms with Gasteiger partial charge in [0, 0.05) is 46.4 Å². The van der Waals surface area contributed by atoms with E-state index in [4.69, 9.17) is 19.2 Å². The average molecular weight is 688 g/mol. The first-order valence-corrected chi connectivity index (χ1v) is 16.2. The number of carbonyl (C=O) groups excluding carboxylic acids is 1. The van der Waals surface area contributed by atoms with Crippen molar-refractivity contribution in [2.24, 2.45) is 0 Å². The third kappa shape index (κ3) is 8.39. The smallest absolute Gasteiger partial charge is 0.410 e. The third-order valence-corrected chi connectivity index (χ3v) is 8.87. The molecule has 3 heterocycles. The summed E-state index contributed by atoms with van der Waals surface area (Å²) in [6, 6.07) is 13.9. The van der Waals surface area contributed by atoms with Crippen LogP contribution in [-0.4, -0.2) is 46.8 Å². The van der Waals surface area contributed by atoms with E-state index in [1.54, 1.807) is 24.3 Å². The molecule has 0 radical (unpaired) electrons. The van der Waals surface area contributed by atoms with Gasteiger partial charge in [-0.15, -0.1) is 11.3 Å². The number of pyridine rings is 1. The van der Waals surface area contributed by atoms with E-state index in [2.05, 4.69) is 26.2 Å². The Bertz CT molecular complexity index is 1590. The van der Waals surface area contributed by atoms with Gasteiger partial charge in [0.15, 0.2) is 16.7 Å². The number of methoxy groups -OCH3 is 1. The lowest BCUT2D eigenvalue weighted by Crippen LogP contribution is -2.41. The lowest BCUT2D eigenvalue weighted by molar-refractivity contribution is 0.0204. The highest BCUT2D eigenvalue weighted by Gasteiger charge is 2.28. The summed E-state index contributed by atoms with van der Waals surface area (Å²) >= 11 is 6.39. The van der Waals surface area contributed by atoms with Crippen LogP contribution >= 0.6 is 39.0 Å². The minimum atomic E-state index is -0.515. The lowest BCUT2D eigenvalue weighted by Gasteiger charge is -2.32. The molecule has 226 valence electrons. The number of hydrogen-bond donors (Lipinski definition) is 1. The number of nitrogens with one attached hydrogen (secondary N) is 1. The summed E-state index contributed by atoms with van der Waals surface area (Å²) in [5.74, 6) is 2.02. The summed E-state index contributed by atoms with van der Waals surface area (Å²) in [4.78, 5) is 25.6. The van der Waals surface area contributed by atoms with E-state index < -0.39 is 5.60 Å². The van der Waals surface area contributed by atoms with Gasteiger partial charge >= 0.3 is 6.09 Å². The molecule has 0 saturated carbocycles. The van der Waals surface area contributed by atoms with Crippen LogP contribution in [0.1, 0.15) is 45.2 Å². The fourth-order valence-corrected chi connectivity index (χ4v) is 6.54. The molecule has 1 fully saturated rings. The molecule has 0 atom stereocenters. The highest BCUT2D eigenvalue weighted by molar-refractivity contribution is 9.10. The van der Waals surface area contributed by atoms with Gasteiger partial charge in [-0.1, -0.05) is 17.8 Å². The number of benzene rings is 2. The number of rotatable bonds is 8. The molecule has 0 aliphatic carbocycles. The van der Waals surface area contributed by atoms with Crippen LogP contribution in [0.25, 0.3) is 0 Å². The normalized spacial score (nSPS) is 14.0. The monoisotopic (exact) mass is 686 g/mol. The fourth-order valence-electron chi connectivity index (χ4n) is 4.45. The Morgan fingerprint density at radius 3 is 2.63 bits per heavy atom. The van der Waals surface area contributed by atoms with Gasteiger partial charge in [0.25, 0.3) is 0 Å². The molecule has 12 heteroatoms. The maximum atomic E-state index is 13.7. The molecule has 1 aliphatic heterocycles. The van der Waals surface area contributed by atoms with E-state index in [1.807, 2.05) is 56.5 Å². The van der Waals surface area contributed by atoms with Crippen molar-refractivity contribution in [1.82, 2.24) is 14.9 Å². The Hall–Kier alpha value is -3.35. The Morgan fingerprint density at radius 1 is 1.12 bits per heavy atom. The number of thiazole rings is 1. The maximum absolute atomic E-state index is 13.7. The molecule has 1 N–H and O–H groups in total. The van der Waals surface area contributed by atoms with Crippen molar-refractivity contribution in [1.29, 1.82) is 0 Å². The standard InChI is InChI=1S/C31H32BrFN4O4S2/c1-31(2,3)41-30(38)37-12-10-19(11-13-37)25-18-42-29(35-25)36-28-27(40-26-9-8-20(33)14-24(26)32)16-23(17-34-28)43-22-7-5-6-21(15-22)39-4/h5-9,14-19H,10-13H2,1-4H3,(H,34,35,36). The van der Waals surface area contributed by atoms with Gasteiger partial charge < -0.3 is 24.4 Å². The fraction of sp³-hybridized carbons (Fsp3) is 0.323. The summed E-state index contributed by atoms with van der Waals surface area (Å²) in [5, 5.41) is 6.03. The molecule has 0 spiro atoms. The summed E-state index contributed by atoms with van der Waals surface area (Å²) in [6.07, 6.45) is 3.11. The van der Waals surface area contributed by atoms with Gasteiger partial charge in [0.1, 0.15) is 22.9 Å².